The van der Waals surface area contributed by atoms with Crippen LogP contribution in [0.4, 0.5) is 0 Å². The summed E-state index contributed by atoms with van der Waals surface area (Å²) in [7, 11) is 0. The third kappa shape index (κ3) is 4.38. The normalized spacial score (nSPS) is 17.9. The molecule has 0 aromatic rings. The highest BCUT2D eigenvalue weighted by atomic mass is 16.3. The highest BCUT2D eigenvalue weighted by Gasteiger charge is 2.13. The van der Waals surface area contributed by atoms with Crippen molar-refractivity contribution >= 4 is 0 Å². The average Bonchev–Trinajstić information content (AvgIpc) is 2.00. The van der Waals surface area contributed by atoms with Crippen LogP contribution in [0.1, 0.15) is 34.1 Å². The van der Waals surface area contributed by atoms with Crippen LogP contribution < -0.4 is 0 Å². The lowest BCUT2D eigenvalue weighted by molar-refractivity contribution is 0.116. The van der Waals surface area contributed by atoms with E-state index in [0.717, 1.165) is 0 Å². The first-order chi connectivity index (χ1) is 5.39. The van der Waals surface area contributed by atoms with Gasteiger partial charge < -0.3 is 10.2 Å². The lowest BCUT2D eigenvalue weighted by atomic mass is 10.0. The topological polar surface area (TPSA) is 40.5 Å². The number of aliphatic hydroxyl groups excluding tert-OH is 1. The Bertz CT molecular complexity index is 184. The molecule has 0 amide bonds. The van der Waals surface area contributed by atoms with Crippen molar-refractivity contribution in [1.29, 1.82) is 0 Å². The van der Waals surface area contributed by atoms with Crippen molar-refractivity contribution in [3.8, 4) is 11.8 Å². The Labute approximate surface area is 74.6 Å². The summed E-state index contributed by atoms with van der Waals surface area (Å²) in [6.07, 6.45) is -0.0619. The Kier molecular flexibility index (Phi) is 4.30. The minimum Gasteiger partial charge on any atom is -0.380 e. The molecule has 0 radical (unpaired) electrons. The van der Waals surface area contributed by atoms with E-state index in [1.54, 1.807) is 6.92 Å². The van der Waals surface area contributed by atoms with Gasteiger partial charge in [0.1, 0.15) is 11.7 Å². The second-order valence-corrected chi connectivity index (χ2v) is 3.59. The maximum absolute atomic E-state index is 9.47. The van der Waals surface area contributed by atoms with Gasteiger partial charge in [0.2, 0.25) is 0 Å². The molecule has 0 aromatic heterocycles. The molecule has 0 aliphatic rings. The molecule has 0 saturated heterocycles. The summed E-state index contributed by atoms with van der Waals surface area (Å²) in [6.45, 7) is 7.28. The quantitative estimate of drug-likeness (QED) is 0.611. The van der Waals surface area contributed by atoms with Crippen molar-refractivity contribution in [2.75, 3.05) is 0 Å². The van der Waals surface area contributed by atoms with E-state index in [0.29, 0.717) is 6.42 Å². The first-order valence-corrected chi connectivity index (χ1v) is 4.32. The molecular weight excluding hydrogens is 152 g/mol. The number of rotatable bonds is 2. The summed E-state index contributed by atoms with van der Waals surface area (Å²) in [5.41, 5.74) is -0.962. The van der Waals surface area contributed by atoms with Gasteiger partial charge in [0.15, 0.2) is 0 Å². The van der Waals surface area contributed by atoms with Gasteiger partial charge in [0.25, 0.3) is 0 Å². The fraction of sp³-hybridized carbons (Fsp3) is 0.800. The zero-order chi connectivity index (χ0) is 9.78. The first kappa shape index (κ1) is 11.5. The highest BCUT2D eigenvalue weighted by Crippen LogP contribution is 2.06. The number of aliphatic hydroxyl groups is 2. The Morgan fingerprint density at radius 3 is 2.25 bits per heavy atom. The van der Waals surface area contributed by atoms with Crippen molar-refractivity contribution in [1.82, 2.24) is 0 Å². The molecule has 0 aromatic carbocycles. The Morgan fingerprint density at radius 1 is 1.42 bits per heavy atom. The lowest BCUT2D eigenvalue weighted by Crippen LogP contribution is -2.21. The molecule has 0 bridgehead atoms. The molecule has 0 spiro atoms. The summed E-state index contributed by atoms with van der Waals surface area (Å²) in [5.74, 6) is 5.39. The van der Waals surface area contributed by atoms with Crippen LogP contribution >= 0.6 is 0 Å². The van der Waals surface area contributed by atoms with Crippen molar-refractivity contribution in [3.05, 3.63) is 0 Å². The van der Waals surface area contributed by atoms with E-state index in [4.69, 9.17) is 0 Å². The fourth-order valence-electron chi connectivity index (χ4n) is 0.484. The molecule has 0 saturated carbocycles. The zero-order valence-corrected chi connectivity index (χ0v) is 8.26. The van der Waals surface area contributed by atoms with E-state index in [1.165, 1.54) is 0 Å². The van der Waals surface area contributed by atoms with Crippen LogP contribution in [-0.2, 0) is 0 Å². The third-order valence-corrected chi connectivity index (χ3v) is 1.81. The van der Waals surface area contributed by atoms with E-state index in [9.17, 15) is 10.2 Å². The molecule has 70 valence electrons. The van der Waals surface area contributed by atoms with Crippen LogP contribution in [0.15, 0.2) is 0 Å². The molecule has 2 unspecified atom stereocenters. The highest BCUT2D eigenvalue weighted by molar-refractivity contribution is 5.14. The van der Waals surface area contributed by atoms with Gasteiger partial charge in [-0.25, -0.2) is 0 Å². The lowest BCUT2D eigenvalue weighted by Gasteiger charge is -2.13. The first-order valence-electron chi connectivity index (χ1n) is 4.32. The van der Waals surface area contributed by atoms with E-state index >= 15 is 0 Å². The summed E-state index contributed by atoms with van der Waals surface area (Å²) in [4.78, 5) is 0. The van der Waals surface area contributed by atoms with Gasteiger partial charge >= 0.3 is 0 Å². The number of hydrogen-bond acceptors (Lipinski definition) is 2. The maximum Gasteiger partial charge on any atom is 0.122 e. The van der Waals surface area contributed by atoms with Gasteiger partial charge in [-0.3, -0.25) is 0 Å². The van der Waals surface area contributed by atoms with E-state index in [-0.39, 0.29) is 5.92 Å². The summed E-state index contributed by atoms with van der Waals surface area (Å²) in [6, 6.07) is 0. The average molecular weight is 170 g/mol. The Morgan fingerprint density at radius 2 is 1.92 bits per heavy atom. The van der Waals surface area contributed by atoms with Crippen molar-refractivity contribution < 1.29 is 10.2 Å². The largest absolute Gasteiger partial charge is 0.380 e. The second-order valence-electron chi connectivity index (χ2n) is 3.59. The smallest absolute Gasteiger partial charge is 0.122 e. The molecule has 12 heavy (non-hydrogen) atoms. The van der Waals surface area contributed by atoms with Crippen molar-refractivity contribution in [2.45, 2.75) is 45.8 Å². The van der Waals surface area contributed by atoms with Crippen LogP contribution in [0.5, 0.6) is 0 Å². The summed E-state index contributed by atoms with van der Waals surface area (Å²) >= 11 is 0. The molecule has 2 nitrogen and oxygen atoms in total. The molecule has 0 aliphatic heterocycles. The molecule has 0 fully saturated rings. The molecule has 2 heteroatoms. The summed E-state index contributed by atoms with van der Waals surface area (Å²) < 4.78 is 0. The Hall–Kier alpha value is -0.520. The third-order valence-electron chi connectivity index (χ3n) is 1.81. The van der Waals surface area contributed by atoms with Gasteiger partial charge in [-0.1, -0.05) is 32.6 Å². The van der Waals surface area contributed by atoms with Crippen molar-refractivity contribution in [3.63, 3.8) is 0 Å². The van der Waals surface area contributed by atoms with Crippen LogP contribution in [0.2, 0.25) is 0 Å². The van der Waals surface area contributed by atoms with E-state index in [1.807, 2.05) is 20.8 Å². The summed E-state index contributed by atoms with van der Waals surface area (Å²) in [5, 5.41) is 18.8. The van der Waals surface area contributed by atoms with E-state index < -0.39 is 11.7 Å². The minimum absolute atomic E-state index is 0.116. The molecular formula is C10H18O2. The van der Waals surface area contributed by atoms with Gasteiger partial charge in [-0.2, -0.15) is 0 Å². The van der Waals surface area contributed by atoms with Crippen LogP contribution in [0.25, 0.3) is 0 Å². The van der Waals surface area contributed by atoms with Crippen molar-refractivity contribution in [2.24, 2.45) is 5.92 Å². The molecule has 0 heterocycles. The van der Waals surface area contributed by atoms with Crippen LogP contribution in [-0.4, -0.2) is 21.9 Å². The predicted molar refractivity (Wildman–Crippen MR) is 49.5 cm³/mol. The van der Waals surface area contributed by atoms with Crippen LogP contribution in [0.3, 0.4) is 0 Å². The molecule has 2 atom stereocenters. The molecule has 0 aliphatic carbocycles. The zero-order valence-electron chi connectivity index (χ0n) is 8.26. The second kappa shape index (κ2) is 4.49. The SMILES string of the molecule is CCC(C)(O)C#CC(O)C(C)C. The van der Waals surface area contributed by atoms with Gasteiger partial charge in [-0.15, -0.1) is 0 Å². The van der Waals surface area contributed by atoms with Gasteiger partial charge in [0.05, 0.1) is 0 Å². The van der Waals surface area contributed by atoms with Gasteiger partial charge in [0, 0.05) is 0 Å². The van der Waals surface area contributed by atoms with Crippen LogP contribution in [0, 0.1) is 17.8 Å². The molecule has 2 N–H and O–H groups in total. The number of hydrogen-bond donors (Lipinski definition) is 2. The monoisotopic (exact) mass is 170 g/mol. The molecule has 0 rings (SSSR count). The van der Waals surface area contributed by atoms with Gasteiger partial charge in [-0.05, 0) is 19.3 Å². The fourth-order valence-corrected chi connectivity index (χ4v) is 0.484. The Balaban J connectivity index is 4.20. The maximum atomic E-state index is 9.47. The van der Waals surface area contributed by atoms with E-state index in [2.05, 4.69) is 11.8 Å². The predicted octanol–water partition coefficient (Wildman–Crippen LogP) is 1.17. The minimum atomic E-state index is -0.962. The standard InChI is InChI=1S/C10H18O2/c1-5-10(4,12)7-6-9(11)8(2)3/h8-9,11-12H,5H2,1-4H3.